The maximum atomic E-state index is 15.3. The number of carbonyl (C=O) groups excluding carboxylic acids is 14. The van der Waals surface area contributed by atoms with E-state index in [1.54, 1.807) is 82.5 Å². The first-order chi connectivity index (χ1) is 71.6. The van der Waals surface area contributed by atoms with Gasteiger partial charge in [0.25, 0.3) is 0 Å². The lowest BCUT2D eigenvalue weighted by Gasteiger charge is -2.31. The van der Waals surface area contributed by atoms with E-state index in [9.17, 15) is 67.1 Å². The van der Waals surface area contributed by atoms with Crippen LogP contribution in [0.4, 0.5) is 27.2 Å². The summed E-state index contributed by atoms with van der Waals surface area (Å²) < 4.78 is 188. The van der Waals surface area contributed by atoms with Gasteiger partial charge in [0.05, 0.1) is 55.0 Å². The minimum absolute atomic E-state index is 0.000218. The number of hydrogen-bond donors (Lipinski definition) is 6. The van der Waals surface area contributed by atoms with Crippen molar-refractivity contribution in [2.24, 2.45) is 23.7 Å². The Hall–Kier alpha value is -12.7. The van der Waals surface area contributed by atoms with Crippen molar-refractivity contribution >= 4 is 127 Å². The largest absolute Gasteiger partial charge is 0.461 e. The number of nitrogens with zero attached hydrogens (tertiary/aromatic N) is 6. The van der Waals surface area contributed by atoms with Crippen LogP contribution in [0.1, 0.15) is 254 Å². The zero-order valence-electron chi connectivity index (χ0n) is 95.7. The number of esters is 4. The van der Waals surface area contributed by atoms with Crippen molar-refractivity contribution in [3.8, 4) is 22.8 Å². The van der Waals surface area contributed by atoms with Crippen LogP contribution in [0.2, 0.25) is 0 Å². The first kappa shape index (κ1) is 93.0. The number of amides is 8. The number of ether oxygens (including phenoxy) is 6. The van der Waals surface area contributed by atoms with Crippen molar-refractivity contribution in [3.63, 3.8) is 0 Å². The van der Waals surface area contributed by atoms with Gasteiger partial charge in [-0.3, -0.25) is 62.4 Å². The number of fused-ring (bicyclic) bond motifs is 4. The van der Waals surface area contributed by atoms with Gasteiger partial charge in [0, 0.05) is 188 Å². The van der Waals surface area contributed by atoms with Crippen LogP contribution in [0.25, 0.3) is 66.4 Å². The van der Waals surface area contributed by atoms with E-state index in [0.29, 0.717) is 98.4 Å². The van der Waals surface area contributed by atoms with Crippen LogP contribution in [0.5, 0.6) is 0 Å². The minimum atomic E-state index is -3.12. The second-order valence-electron chi connectivity index (χ2n) is 39.7. The zero-order chi connectivity index (χ0) is 114. The standard InChI is InChI=1S/C57H77F2N7O12.C49H63F2N5O8/c1-15-34(21-48(69)30(3)63(13)54(73)77-56(7,8)9)52(71)65-28-39(75-32(5)67)24-37(65)26-43-41-19-17-35(58)22-46(41)60-49(43)50-44(42-20-18-36(59)23-47(42)61-50)27-38-25-40(76-33(6)68)29-66(38)53(72)45(16-2)62-51(70)31(4)64(14)55(74)78-57(10,11)12;1-9-26(5)44(59)17-30(11-3)48(61)55-24-35(63-28(7)57)20-33(55)22-39-37-15-13-31(50)18-42(37)52-45(39)46-40(38-16-14-32(51)19-43(38)53-46)23-34-21-36(64-29(8)58)25-56(34)49(62)41(12-4)54-47(60)27(6)10-2/h17-20,22-23,30-31,34,37-40,45,60-61H,15-16,21,24-29H2,1-14H3,(H,62,70);13-16,18-19,26-27,30,33-36,41,52-53H,9-12,17,20-25H2,1-8H3,(H,54,60)/t30-,31-,34+,37-,38-,39-,40-,45-;26-,27-,30-,33+,34+,35+,36+,41+/m01/s1/i13D3,14D3;1D3,2D3. The number of carbonyl (C=O) groups is 14. The monoisotopic (exact) mass is 1990 g/mol. The van der Waals surface area contributed by atoms with Crippen molar-refractivity contribution < 1.29 is 130 Å². The third-order valence-electron chi connectivity index (χ3n) is 26.7. The number of hydrogen-bond acceptors (Lipinski definition) is 20. The molecule has 4 fully saturated rings. The first-order valence-electron chi connectivity index (χ1n) is 54.4. The summed E-state index contributed by atoms with van der Waals surface area (Å²) in [5, 5.41) is 7.55. The summed E-state index contributed by atoms with van der Waals surface area (Å²) in [5.74, 6) is -12.9. The number of Topliss-reactive ketones (excluding diaryl/α,β-unsaturated/α-hetero) is 2. The molecule has 8 aromatic rings. The van der Waals surface area contributed by atoms with Gasteiger partial charge >= 0.3 is 36.1 Å². The second-order valence-corrected chi connectivity index (χ2v) is 39.7. The SMILES string of the molecule is [2H]C([2H])([2H])C[C@@H](C)C(=O)C[C@@H](CC)C(=O)N1C[C@@H](OC(C)=O)C[C@H]1Cc1c(-c2[nH]c3cc(F)ccc3c2C[C@@H]2C[C@H](OC(C)=O)CN2C(=O)[C@H](CC)NC(=O)[C@H](C)CC([2H])([2H])[2H])[nH]c2cc(F)ccc12.[2H]C([2H])([2H])N(C(=O)OC(C)(C)C)[C@@H](C)C(=O)C[C@@H](CC)C(=O)N1C[C@@H](OC(C)=O)C[C@H]1Cc1c(-c2[nH]c3cc(F)ccc3c2C[C@@H]2C[C@H](OC(C)=O)CN2C(=O)[C@H](CC)NC(=O)[C@H](C)N(C(=O)OC(C)(C)C)C([2H])([2H])[2H])[nH]c2cc(F)ccc12. The van der Waals surface area contributed by atoms with E-state index in [1.165, 1.54) is 134 Å². The molecular weight excluding hydrogens is 1840 g/mol. The molecule has 0 radical (unpaired) electrons. The van der Waals surface area contributed by atoms with Crippen LogP contribution in [0.15, 0.2) is 72.8 Å². The van der Waals surface area contributed by atoms with Crippen molar-refractivity contribution in [1.29, 1.82) is 0 Å². The summed E-state index contributed by atoms with van der Waals surface area (Å²) in [6.45, 7) is 15.3. The molecule has 4 saturated heterocycles. The van der Waals surface area contributed by atoms with Crippen LogP contribution >= 0.6 is 0 Å². The molecule has 4 aliphatic heterocycles. The third-order valence-corrected chi connectivity index (χ3v) is 26.7. The maximum absolute atomic E-state index is 15.3. The molecule has 142 heavy (non-hydrogen) atoms. The Labute approximate surface area is 842 Å². The molecule has 0 saturated carbocycles. The van der Waals surface area contributed by atoms with Gasteiger partial charge in [0.2, 0.25) is 35.4 Å². The number of aromatic amines is 4. The molecule has 4 aromatic carbocycles. The lowest BCUT2D eigenvalue weighted by molar-refractivity contribution is -0.147. The molecule has 16 atom stereocenters. The Morgan fingerprint density at radius 2 is 0.676 bits per heavy atom. The molecule has 36 heteroatoms. The molecule has 8 amide bonds. The van der Waals surface area contributed by atoms with Crippen LogP contribution in [-0.2, 0) is 112 Å². The van der Waals surface area contributed by atoms with E-state index in [1.807, 2.05) is 0 Å². The fourth-order valence-corrected chi connectivity index (χ4v) is 19.4. The number of aromatic nitrogens is 4. The highest BCUT2D eigenvalue weighted by Crippen LogP contribution is 2.45. The van der Waals surface area contributed by atoms with E-state index in [-0.39, 0.29) is 128 Å². The number of benzene rings is 4. The molecule has 4 aromatic heterocycles. The lowest BCUT2D eigenvalue weighted by Crippen LogP contribution is -2.55. The molecule has 0 unspecified atom stereocenters. The highest BCUT2D eigenvalue weighted by Gasteiger charge is 2.48. The predicted octanol–water partition coefficient (Wildman–Crippen LogP) is 15.9. The molecule has 0 aliphatic carbocycles. The molecule has 0 bridgehead atoms. The Morgan fingerprint density at radius 3 is 0.951 bits per heavy atom. The van der Waals surface area contributed by atoms with E-state index >= 15 is 17.6 Å². The number of halogens is 4. The Balaban J connectivity index is 0.000000296. The van der Waals surface area contributed by atoms with Gasteiger partial charge < -0.3 is 83.5 Å². The van der Waals surface area contributed by atoms with Crippen LogP contribution in [-0.4, -0.2) is 256 Å². The Morgan fingerprint density at radius 1 is 0.394 bits per heavy atom. The fraction of sp³-hybridized carbons (Fsp3) is 0.566. The number of rotatable bonds is 36. The summed E-state index contributed by atoms with van der Waals surface area (Å²) in [6.07, 6.45) is -5.61. The average Bonchev–Trinajstić information content (AvgIpc) is 1.59. The van der Waals surface area contributed by atoms with Crippen molar-refractivity contribution in [3.05, 3.63) is 118 Å². The zero-order valence-corrected chi connectivity index (χ0v) is 83.7. The summed E-state index contributed by atoms with van der Waals surface area (Å²) in [5.41, 5.74) is 3.19. The quantitative estimate of drug-likeness (QED) is 0.0121. The van der Waals surface area contributed by atoms with Crippen molar-refractivity contribution in [2.45, 2.75) is 325 Å². The fourth-order valence-electron chi connectivity index (χ4n) is 19.4. The van der Waals surface area contributed by atoms with E-state index in [2.05, 4.69) is 30.6 Å². The Kier molecular flexibility index (Phi) is 30.5. The van der Waals surface area contributed by atoms with Gasteiger partial charge in [-0.05, 0) is 215 Å². The number of nitrogens with one attached hydrogen (secondary N) is 6. The van der Waals surface area contributed by atoms with Crippen LogP contribution in [0.3, 0.4) is 0 Å². The van der Waals surface area contributed by atoms with Gasteiger partial charge in [-0.15, -0.1) is 0 Å². The normalized spacial score (nSPS) is 21.5. The molecule has 32 nitrogen and oxygen atoms in total. The molecule has 4 aliphatic rings. The Bertz CT molecular complexity index is 6150. The van der Waals surface area contributed by atoms with Crippen molar-refractivity contribution in [1.82, 2.24) is 60.0 Å². The number of H-pyrrole nitrogens is 4. The molecule has 0 spiro atoms. The lowest BCUT2D eigenvalue weighted by atomic mass is 9.90. The molecular formula is C106H140F4N12O20. The van der Waals surface area contributed by atoms with E-state index < -0.39 is 243 Å². The highest BCUT2D eigenvalue weighted by molar-refractivity contribution is 6.00. The van der Waals surface area contributed by atoms with Gasteiger partial charge in [0.15, 0.2) is 5.78 Å². The second kappa shape index (κ2) is 46.6. The topological polar surface area (TPSA) is 401 Å². The van der Waals surface area contributed by atoms with Crippen molar-refractivity contribution in [2.75, 3.05) is 40.1 Å². The predicted molar refractivity (Wildman–Crippen MR) is 526 cm³/mol. The molecule has 12 rings (SSSR count). The average molecular weight is 1990 g/mol. The van der Waals surface area contributed by atoms with Gasteiger partial charge in [-0.1, -0.05) is 55.2 Å². The molecule has 8 heterocycles. The first-order valence-corrected chi connectivity index (χ1v) is 48.4. The van der Waals surface area contributed by atoms with E-state index in [4.69, 9.17) is 44.9 Å². The van der Waals surface area contributed by atoms with Crippen LogP contribution in [0, 0.1) is 46.9 Å². The maximum Gasteiger partial charge on any atom is 0.410 e. The third kappa shape index (κ3) is 26.4. The van der Waals surface area contributed by atoms with Gasteiger partial charge in [0.1, 0.15) is 82.8 Å². The summed E-state index contributed by atoms with van der Waals surface area (Å²) in [6, 6.07) is 8.23. The molecule has 772 valence electrons. The number of likely N-dealkylation sites (tertiary alicyclic amines) is 4. The minimum Gasteiger partial charge on any atom is -0.461 e. The van der Waals surface area contributed by atoms with E-state index in [0.717, 1.165) is 0 Å². The van der Waals surface area contributed by atoms with Crippen LogP contribution < -0.4 is 10.6 Å². The smallest absolute Gasteiger partial charge is 0.410 e. The number of likely N-dealkylation sites (N-methyl/N-ethyl adjacent to an activating group) is 2. The molecule has 6 N–H and O–H groups in total. The summed E-state index contributed by atoms with van der Waals surface area (Å²) in [4.78, 5) is 209. The summed E-state index contributed by atoms with van der Waals surface area (Å²) >= 11 is 0. The van der Waals surface area contributed by atoms with Gasteiger partial charge in [-0.25, -0.2) is 27.2 Å². The number of ketones is 2. The highest BCUT2D eigenvalue weighted by atomic mass is 19.1. The summed E-state index contributed by atoms with van der Waals surface area (Å²) in [7, 11) is 0. The van der Waals surface area contributed by atoms with Gasteiger partial charge in [-0.2, -0.15) is 0 Å².